The van der Waals surface area contributed by atoms with Crippen LogP contribution in [0.2, 0.25) is 0 Å². The molecule has 1 atom stereocenters. The van der Waals surface area contributed by atoms with Crippen molar-refractivity contribution in [1.29, 1.82) is 5.26 Å². The van der Waals surface area contributed by atoms with E-state index in [0.717, 1.165) is 18.7 Å². The zero-order valence-corrected chi connectivity index (χ0v) is 12.7. The molecule has 0 radical (unpaired) electrons. The summed E-state index contributed by atoms with van der Waals surface area (Å²) >= 11 is 0. The molecule has 0 spiro atoms. The molecule has 5 heteroatoms. The van der Waals surface area contributed by atoms with Crippen LogP contribution in [0, 0.1) is 22.2 Å². The van der Waals surface area contributed by atoms with Gasteiger partial charge in [-0.3, -0.25) is 4.79 Å². The molecule has 0 saturated heterocycles. The Hall–Kier alpha value is -1.70. The van der Waals surface area contributed by atoms with E-state index in [1.54, 1.807) is 4.68 Å². The summed E-state index contributed by atoms with van der Waals surface area (Å²) in [6.45, 7) is 7.91. The summed E-state index contributed by atoms with van der Waals surface area (Å²) in [6.07, 6.45) is 4.24. The zero-order chi connectivity index (χ0) is 15.0. The molecule has 20 heavy (non-hydrogen) atoms. The lowest BCUT2D eigenvalue weighted by Crippen LogP contribution is -2.45. The molecule has 0 amide bonds. The topological polar surface area (TPSA) is 71.6 Å². The molecule has 108 valence electrons. The Bertz CT molecular complexity index is 552. The lowest BCUT2D eigenvalue weighted by molar-refractivity contribution is -0.138. The number of hydrogen-bond donors (Lipinski definition) is 0. The molecule has 5 nitrogen and oxygen atoms in total. The number of ketones is 1. The minimum Gasteiger partial charge on any atom is -0.297 e. The van der Waals surface area contributed by atoms with Crippen molar-refractivity contribution < 1.29 is 4.79 Å². The van der Waals surface area contributed by atoms with Gasteiger partial charge >= 0.3 is 0 Å². The number of Topliss-reactive ketones (excluding diaryl/α,β-unsaturated/α-hetero) is 1. The van der Waals surface area contributed by atoms with Gasteiger partial charge in [-0.2, -0.15) is 10.4 Å². The van der Waals surface area contributed by atoms with Crippen LogP contribution in [0.4, 0.5) is 0 Å². The maximum absolute atomic E-state index is 12.7. The Kier molecular flexibility index (Phi) is 3.68. The second-order valence-corrected chi connectivity index (χ2v) is 6.65. The first-order valence-electron chi connectivity index (χ1n) is 7.17. The standard InChI is InChI=1S/C15H22N4O/c1-11(2)19-12(17-10-18-19)8-15(9-16)7-5-6-14(3,4)13(15)20/h10-11H,5-8H2,1-4H3. The van der Waals surface area contributed by atoms with Crippen molar-refractivity contribution in [2.24, 2.45) is 10.8 Å². The second-order valence-electron chi connectivity index (χ2n) is 6.65. The lowest BCUT2D eigenvalue weighted by atomic mass is 9.61. The van der Waals surface area contributed by atoms with E-state index in [1.807, 2.05) is 27.7 Å². The van der Waals surface area contributed by atoms with Crippen LogP contribution in [-0.2, 0) is 11.2 Å². The number of carbonyl (C=O) groups excluding carboxylic acids is 1. The van der Waals surface area contributed by atoms with Gasteiger partial charge in [-0.25, -0.2) is 9.67 Å². The van der Waals surface area contributed by atoms with Crippen LogP contribution < -0.4 is 0 Å². The molecule has 0 aromatic carbocycles. The molecular weight excluding hydrogens is 252 g/mol. The average molecular weight is 274 g/mol. The van der Waals surface area contributed by atoms with Crippen molar-refractivity contribution in [3.8, 4) is 6.07 Å². The van der Waals surface area contributed by atoms with E-state index in [-0.39, 0.29) is 11.8 Å². The number of nitriles is 1. The van der Waals surface area contributed by atoms with Gasteiger partial charge in [-0.05, 0) is 26.7 Å². The Morgan fingerprint density at radius 3 is 2.75 bits per heavy atom. The quantitative estimate of drug-likeness (QED) is 0.849. The van der Waals surface area contributed by atoms with Gasteiger partial charge in [0.05, 0.1) is 6.07 Å². The van der Waals surface area contributed by atoms with Gasteiger partial charge in [-0.1, -0.05) is 20.3 Å². The summed E-state index contributed by atoms with van der Waals surface area (Å²) < 4.78 is 1.80. The third-order valence-corrected chi connectivity index (χ3v) is 4.26. The number of nitrogens with zero attached hydrogens (tertiary/aromatic N) is 4. The van der Waals surface area contributed by atoms with Crippen molar-refractivity contribution in [3.63, 3.8) is 0 Å². The van der Waals surface area contributed by atoms with Gasteiger partial charge in [0.25, 0.3) is 0 Å². The maximum Gasteiger partial charge on any atom is 0.159 e. The van der Waals surface area contributed by atoms with Crippen molar-refractivity contribution in [2.45, 2.75) is 59.4 Å². The van der Waals surface area contributed by atoms with E-state index in [2.05, 4.69) is 16.2 Å². The zero-order valence-electron chi connectivity index (χ0n) is 12.7. The van der Waals surface area contributed by atoms with E-state index >= 15 is 0 Å². The molecule has 0 bridgehead atoms. The van der Waals surface area contributed by atoms with Crippen LogP contribution in [0.3, 0.4) is 0 Å². The highest BCUT2D eigenvalue weighted by Crippen LogP contribution is 2.44. The molecule has 1 aliphatic carbocycles. The molecule has 1 heterocycles. The summed E-state index contributed by atoms with van der Waals surface area (Å²) in [5, 5.41) is 13.8. The predicted octanol–water partition coefficient (Wildman–Crippen LogP) is 2.69. The smallest absolute Gasteiger partial charge is 0.159 e. The summed E-state index contributed by atoms with van der Waals surface area (Å²) in [7, 11) is 0. The number of aromatic nitrogens is 3. The van der Waals surface area contributed by atoms with Crippen LogP contribution in [0.25, 0.3) is 0 Å². The highest BCUT2D eigenvalue weighted by Gasteiger charge is 2.49. The van der Waals surface area contributed by atoms with Gasteiger partial charge in [0.2, 0.25) is 0 Å². The minimum absolute atomic E-state index is 0.0528. The van der Waals surface area contributed by atoms with Crippen LogP contribution >= 0.6 is 0 Å². The molecule has 1 aromatic heterocycles. The van der Waals surface area contributed by atoms with Crippen molar-refractivity contribution in [3.05, 3.63) is 12.2 Å². The predicted molar refractivity (Wildman–Crippen MR) is 74.8 cm³/mol. The third kappa shape index (κ3) is 2.35. The first kappa shape index (κ1) is 14.7. The van der Waals surface area contributed by atoms with Gasteiger partial charge in [0.1, 0.15) is 17.6 Å². The Morgan fingerprint density at radius 1 is 1.45 bits per heavy atom. The van der Waals surface area contributed by atoms with Gasteiger partial charge in [0.15, 0.2) is 5.78 Å². The van der Waals surface area contributed by atoms with Crippen molar-refractivity contribution in [2.75, 3.05) is 0 Å². The minimum atomic E-state index is -0.943. The molecule has 2 rings (SSSR count). The summed E-state index contributed by atoms with van der Waals surface area (Å²) in [5.74, 6) is 0.782. The summed E-state index contributed by atoms with van der Waals surface area (Å²) in [6, 6.07) is 2.47. The third-order valence-electron chi connectivity index (χ3n) is 4.26. The summed E-state index contributed by atoms with van der Waals surface area (Å²) in [4.78, 5) is 17.0. The van der Waals surface area contributed by atoms with E-state index in [9.17, 15) is 10.1 Å². The number of carbonyl (C=O) groups is 1. The Balaban J connectivity index is 2.36. The first-order chi connectivity index (χ1) is 9.32. The van der Waals surface area contributed by atoms with E-state index < -0.39 is 10.8 Å². The molecule has 1 saturated carbocycles. The van der Waals surface area contributed by atoms with Crippen molar-refractivity contribution in [1.82, 2.24) is 14.8 Å². The molecule has 1 fully saturated rings. The number of hydrogen-bond acceptors (Lipinski definition) is 4. The van der Waals surface area contributed by atoms with Crippen LogP contribution in [0.1, 0.15) is 58.8 Å². The Morgan fingerprint density at radius 2 is 2.15 bits per heavy atom. The lowest BCUT2D eigenvalue weighted by Gasteiger charge is -2.38. The average Bonchev–Trinajstić information content (AvgIpc) is 2.83. The summed E-state index contributed by atoms with van der Waals surface area (Å²) in [5.41, 5.74) is -1.36. The highest BCUT2D eigenvalue weighted by atomic mass is 16.1. The second kappa shape index (κ2) is 5.01. The molecular formula is C15H22N4O. The van der Waals surface area contributed by atoms with Crippen LogP contribution in [-0.4, -0.2) is 20.5 Å². The van der Waals surface area contributed by atoms with Crippen LogP contribution in [0.5, 0.6) is 0 Å². The molecule has 0 N–H and O–H groups in total. The Labute approximate surface area is 120 Å². The van der Waals surface area contributed by atoms with E-state index in [1.165, 1.54) is 6.33 Å². The van der Waals surface area contributed by atoms with Gasteiger partial charge < -0.3 is 0 Å². The highest BCUT2D eigenvalue weighted by molar-refractivity contribution is 5.93. The van der Waals surface area contributed by atoms with Gasteiger partial charge in [0, 0.05) is 17.9 Å². The molecule has 1 unspecified atom stereocenters. The fourth-order valence-electron chi connectivity index (χ4n) is 3.12. The fourth-order valence-corrected chi connectivity index (χ4v) is 3.12. The monoisotopic (exact) mass is 274 g/mol. The molecule has 1 aliphatic rings. The first-order valence-corrected chi connectivity index (χ1v) is 7.17. The number of rotatable bonds is 3. The normalized spacial score (nSPS) is 25.7. The van der Waals surface area contributed by atoms with Crippen molar-refractivity contribution >= 4 is 5.78 Å². The van der Waals surface area contributed by atoms with Crippen LogP contribution in [0.15, 0.2) is 6.33 Å². The van der Waals surface area contributed by atoms with E-state index in [0.29, 0.717) is 12.8 Å². The largest absolute Gasteiger partial charge is 0.297 e. The fraction of sp³-hybridized carbons (Fsp3) is 0.733. The van der Waals surface area contributed by atoms with E-state index in [4.69, 9.17) is 0 Å². The molecule has 0 aliphatic heterocycles. The maximum atomic E-state index is 12.7. The van der Waals surface area contributed by atoms with Gasteiger partial charge in [-0.15, -0.1) is 0 Å². The SMILES string of the molecule is CC(C)n1ncnc1CC1(C#N)CCCC(C)(C)C1=O. The molecule has 1 aromatic rings.